The summed E-state index contributed by atoms with van der Waals surface area (Å²) in [6.45, 7) is 5.12. The average molecular weight is 223 g/mol. The maximum Gasteiger partial charge on any atom is 0.371 e. The highest BCUT2D eigenvalue weighted by atomic mass is 16.4. The first kappa shape index (κ1) is 11.2. The van der Waals surface area contributed by atoms with Gasteiger partial charge in [0.2, 0.25) is 5.76 Å². The van der Waals surface area contributed by atoms with Crippen LogP contribution in [0.1, 0.15) is 36.1 Å². The number of hydrogen-bond donors (Lipinski definition) is 1. The molecule has 0 aromatic carbocycles. The molecule has 0 radical (unpaired) electrons. The topological polar surface area (TPSA) is 53.7 Å². The highest BCUT2D eigenvalue weighted by molar-refractivity contribution is 5.84. The maximum absolute atomic E-state index is 10.7. The largest absolute Gasteiger partial charge is 0.475 e. The molecule has 1 fully saturated rings. The lowest BCUT2D eigenvalue weighted by atomic mass is 10.0. The smallest absolute Gasteiger partial charge is 0.371 e. The van der Waals surface area contributed by atoms with Crippen LogP contribution in [-0.4, -0.2) is 29.1 Å². The van der Waals surface area contributed by atoms with Gasteiger partial charge in [0.05, 0.1) is 6.54 Å². The van der Waals surface area contributed by atoms with Crippen molar-refractivity contribution in [2.45, 2.75) is 26.3 Å². The van der Waals surface area contributed by atoms with Crippen molar-refractivity contribution in [3.63, 3.8) is 0 Å². The fourth-order valence-electron chi connectivity index (χ4n) is 2.23. The molecule has 4 heteroatoms. The van der Waals surface area contributed by atoms with Gasteiger partial charge in [0.15, 0.2) is 0 Å². The van der Waals surface area contributed by atoms with Crippen LogP contribution in [0.2, 0.25) is 0 Å². The van der Waals surface area contributed by atoms with E-state index in [0.717, 1.165) is 31.3 Å². The molecule has 88 valence electrons. The molecule has 4 nitrogen and oxygen atoms in total. The lowest BCUT2D eigenvalue weighted by Crippen LogP contribution is -2.33. The first-order valence-electron chi connectivity index (χ1n) is 5.69. The highest BCUT2D eigenvalue weighted by Gasteiger charge is 2.18. The molecule has 0 aliphatic carbocycles. The number of piperidine rings is 1. The van der Waals surface area contributed by atoms with Crippen LogP contribution in [0.25, 0.3) is 0 Å². The number of nitrogens with zero attached hydrogens (tertiary/aromatic N) is 1. The molecule has 2 heterocycles. The molecule has 0 spiro atoms. The Bertz CT molecular complexity index is 372. The summed E-state index contributed by atoms with van der Waals surface area (Å²) in [6, 6.07) is 3.27. The van der Waals surface area contributed by atoms with Gasteiger partial charge >= 0.3 is 5.97 Å². The van der Waals surface area contributed by atoms with Crippen LogP contribution in [0.5, 0.6) is 0 Å². The highest BCUT2D eigenvalue weighted by Crippen LogP contribution is 2.18. The van der Waals surface area contributed by atoms with Gasteiger partial charge in [-0.2, -0.15) is 0 Å². The zero-order valence-corrected chi connectivity index (χ0v) is 9.48. The van der Waals surface area contributed by atoms with Gasteiger partial charge in [0, 0.05) is 6.54 Å². The van der Waals surface area contributed by atoms with Gasteiger partial charge < -0.3 is 9.52 Å². The van der Waals surface area contributed by atoms with E-state index in [9.17, 15) is 4.79 Å². The molecule has 2 rings (SSSR count). The molecule has 0 amide bonds. The molecule has 1 N–H and O–H groups in total. The third-order valence-electron chi connectivity index (χ3n) is 2.99. The van der Waals surface area contributed by atoms with Crippen molar-refractivity contribution < 1.29 is 14.3 Å². The average Bonchev–Trinajstić information content (AvgIpc) is 2.66. The molecule has 1 aromatic heterocycles. The lowest BCUT2D eigenvalue weighted by Gasteiger charge is -2.29. The number of furan rings is 1. The first-order valence-corrected chi connectivity index (χ1v) is 5.69. The van der Waals surface area contributed by atoms with Gasteiger partial charge in [-0.1, -0.05) is 6.92 Å². The van der Waals surface area contributed by atoms with Crippen molar-refractivity contribution in [1.82, 2.24) is 4.90 Å². The molecule has 1 aromatic rings. The number of rotatable bonds is 3. The monoisotopic (exact) mass is 223 g/mol. The van der Waals surface area contributed by atoms with Crippen LogP contribution in [0.3, 0.4) is 0 Å². The predicted molar refractivity (Wildman–Crippen MR) is 59.3 cm³/mol. The Morgan fingerprint density at radius 2 is 2.44 bits per heavy atom. The van der Waals surface area contributed by atoms with E-state index in [1.54, 1.807) is 6.07 Å². The summed E-state index contributed by atoms with van der Waals surface area (Å²) in [6.07, 6.45) is 2.50. The molecule has 1 aliphatic heterocycles. The van der Waals surface area contributed by atoms with Gasteiger partial charge in [0.1, 0.15) is 5.76 Å². The van der Waals surface area contributed by atoms with Gasteiger partial charge in [-0.3, -0.25) is 4.90 Å². The second-order valence-corrected chi connectivity index (χ2v) is 4.55. The summed E-state index contributed by atoms with van der Waals surface area (Å²) in [5.41, 5.74) is 0. The number of carboxylic acid groups (broad SMARTS) is 1. The maximum atomic E-state index is 10.7. The minimum atomic E-state index is -1.00. The molecule has 0 saturated carbocycles. The van der Waals surface area contributed by atoms with Crippen molar-refractivity contribution in [2.24, 2.45) is 5.92 Å². The van der Waals surface area contributed by atoms with Crippen molar-refractivity contribution in [2.75, 3.05) is 13.1 Å². The number of hydrogen-bond acceptors (Lipinski definition) is 3. The van der Waals surface area contributed by atoms with Gasteiger partial charge in [-0.25, -0.2) is 4.79 Å². The third-order valence-corrected chi connectivity index (χ3v) is 2.99. The van der Waals surface area contributed by atoms with E-state index >= 15 is 0 Å². The Hall–Kier alpha value is -1.29. The van der Waals surface area contributed by atoms with Crippen LogP contribution in [0.4, 0.5) is 0 Å². The van der Waals surface area contributed by atoms with Crippen LogP contribution < -0.4 is 0 Å². The third kappa shape index (κ3) is 2.64. The van der Waals surface area contributed by atoms with E-state index in [2.05, 4.69) is 11.8 Å². The normalized spacial score (nSPS) is 22.2. The summed E-state index contributed by atoms with van der Waals surface area (Å²) in [7, 11) is 0. The first-order chi connectivity index (χ1) is 7.65. The minimum Gasteiger partial charge on any atom is -0.475 e. The second-order valence-electron chi connectivity index (χ2n) is 4.55. The quantitative estimate of drug-likeness (QED) is 0.853. The van der Waals surface area contributed by atoms with Crippen LogP contribution >= 0.6 is 0 Å². The van der Waals surface area contributed by atoms with E-state index in [1.165, 1.54) is 18.9 Å². The standard InChI is InChI=1S/C12H17NO3/c1-9-3-2-6-13(7-9)8-10-4-5-11(16-10)12(14)15/h4-5,9H,2-3,6-8H2,1H3,(H,14,15). The SMILES string of the molecule is CC1CCCN(Cc2ccc(C(=O)O)o2)C1. The number of carbonyl (C=O) groups is 1. The Morgan fingerprint density at radius 3 is 3.06 bits per heavy atom. The Balaban J connectivity index is 1.95. The van der Waals surface area contributed by atoms with E-state index in [-0.39, 0.29) is 5.76 Å². The Kier molecular flexibility index (Phi) is 3.29. The second kappa shape index (κ2) is 4.70. The summed E-state index contributed by atoms with van der Waals surface area (Å²) < 4.78 is 5.24. The molecule has 16 heavy (non-hydrogen) atoms. The minimum absolute atomic E-state index is 0.0278. The molecule has 1 saturated heterocycles. The van der Waals surface area contributed by atoms with Crippen LogP contribution in [0, 0.1) is 5.92 Å². The fraction of sp³-hybridized carbons (Fsp3) is 0.583. The molecular weight excluding hydrogens is 206 g/mol. The molecule has 1 unspecified atom stereocenters. The van der Waals surface area contributed by atoms with Gasteiger partial charge in [-0.05, 0) is 37.4 Å². The van der Waals surface area contributed by atoms with Crippen LogP contribution in [-0.2, 0) is 6.54 Å². The van der Waals surface area contributed by atoms with Crippen LogP contribution in [0.15, 0.2) is 16.5 Å². The summed E-state index contributed by atoms with van der Waals surface area (Å²) in [5.74, 6) is 0.493. The van der Waals surface area contributed by atoms with E-state index in [1.807, 2.05) is 0 Å². The summed E-state index contributed by atoms with van der Waals surface area (Å²) in [5, 5.41) is 8.74. The summed E-state index contributed by atoms with van der Waals surface area (Å²) >= 11 is 0. The zero-order chi connectivity index (χ0) is 11.5. The van der Waals surface area contributed by atoms with E-state index in [4.69, 9.17) is 9.52 Å². The lowest BCUT2D eigenvalue weighted by molar-refractivity contribution is 0.0657. The van der Waals surface area contributed by atoms with Gasteiger partial charge in [-0.15, -0.1) is 0 Å². The summed E-state index contributed by atoms with van der Waals surface area (Å²) in [4.78, 5) is 13.0. The number of carboxylic acids is 1. The Morgan fingerprint density at radius 1 is 1.62 bits per heavy atom. The molecule has 1 aliphatic rings. The zero-order valence-electron chi connectivity index (χ0n) is 9.48. The predicted octanol–water partition coefficient (Wildman–Crippen LogP) is 2.21. The molecular formula is C12H17NO3. The van der Waals surface area contributed by atoms with Crippen molar-refractivity contribution in [1.29, 1.82) is 0 Å². The van der Waals surface area contributed by atoms with E-state index in [0.29, 0.717) is 0 Å². The molecule has 1 atom stereocenters. The number of likely N-dealkylation sites (tertiary alicyclic amines) is 1. The van der Waals surface area contributed by atoms with E-state index < -0.39 is 5.97 Å². The van der Waals surface area contributed by atoms with Crippen molar-refractivity contribution in [3.05, 3.63) is 23.7 Å². The van der Waals surface area contributed by atoms with Crippen molar-refractivity contribution >= 4 is 5.97 Å². The fourth-order valence-corrected chi connectivity index (χ4v) is 2.23. The van der Waals surface area contributed by atoms with Crippen molar-refractivity contribution in [3.8, 4) is 0 Å². The van der Waals surface area contributed by atoms with Gasteiger partial charge in [0.25, 0.3) is 0 Å². The molecule has 0 bridgehead atoms. The Labute approximate surface area is 94.9 Å². The number of aromatic carboxylic acids is 1.